The van der Waals surface area contributed by atoms with E-state index in [-0.39, 0.29) is 16.1 Å². The number of hydrogen-bond acceptors (Lipinski definition) is 4. The SMILES string of the molecule is O=[N+]([O-])c1ccc(S(=O)(=O)CC(F)c2ccccc2)cc1. The molecule has 5 nitrogen and oxygen atoms in total. The highest BCUT2D eigenvalue weighted by molar-refractivity contribution is 7.91. The zero-order chi connectivity index (χ0) is 15.5. The molecule has 7 heteroatoms. The first-order valence-corrected chi connectivity index (χ1v) is 7.71. The smallest absolute Gasteiger partial charge is 0.258 e. The van der Waals surface area contributed by atoms with Gasteiger partial charge in [0.2, 0.25) is 0 Å². The molecule has 0 amide bonds. The van der Waals surface area contributed by atoms with E-state index < -0.39 is 26.7 Å². The highest BCUT2D eigenvalue weighted by Crippen LogP contribution is 2.24. The Labute approximate surface area is 121 Å². The molecule has 0 N–H and O–H groups in total. The number of rotatable bonds is 5. The first-order chi connectivity index (χ1) is 9.90. The number of benzene rings is 2. The maximum atomic E-state index is 14.0. The molecular formula is C14H12FNO4S. The monoisotopic (exact) mass is 309 g/mol. The lowest BCUT2D eigenvalue weighted by molar-refractivity contribution is -0.384. The Kier molecular flexibility index (Phi) is 4.32. The second kappa shape index (κ2) is 6.01. The Morgan fingerprint density at radius 3 is 2.14 bits per heavy atom. The minimum absolute atomic E-state index is 0.133. The van der Waals surface area contributed by atoms with E-state index in [9.17, 15) is 22.9 Å². The van der Waals surface area contributed by atoms with Crippen LogP contribution in [0.25, 0.3) is 0 Å². The maximum Gasteiger partial charge on any atom is 0.269 e. The summed E-state index contributed by atoms with van der Waals surface area (Å²) < 4.78 is 38.2. The number of nitro groups is 1. The quantitative estimate of drug-likeness (QED) is 0.628. The van der Waals surface area contributed by atoms with Crippen LogP contribution in [0.1, 0.15) is 11.7 Å². The Morgan fingerprint density at radius 2 is 1.62 bits per heavy atom. The van der Waals surface area contributed by atoms with Gasteiger partial charge in [-0.05, 0) is 17.7 Å². The predicted molar refractivity (Wildman–Crippen MR) is 75.4 cm³/mol. The number of nitro benzene ring substituents is 1. The van der Waals surface area contributed by atoms with Gasteiger partial charge in [-0.1, -0.05) is 30.3 Å². The van der Waals surface area contributed by atoms with Crippen molar-refractivity contribution in [3.8, 4) is 0 Å². The summed E-state index contributed by atoms with van der Waals surface area (Å²) in [6, 6.07) is 12.4. The molecule has 0 aliphatic rings. The van der Waals surface area contributed by atoms with Crippen LogP contribution in [0, 0.1) is 10.1 Å². The molecule has 0 aromatic heterocycles. The van der Waals surface area contributed by atoms with Gasteiger partial charge < -0.3 is 0 Å². The molecule has 2 aromatic carbocycles. The van der Waals surface area contributed by atoms with E-state index in [0.717, 1.165) is 24.3 Å². The molecule has 110 valence electrons. The molecule has 2 aromatic rings. The van der Waals surface area contributed by atoms with Gasteiger partial charge in [0, 0.05) is 12.1 Å². The largest absolute Gasteiger partial charge is 0.269 e. The van der Waals surface area contributed by atoms with Crippen molar-refractivity contribution >= 4 is 15.5 Å². The van der Waals surface area contributed by atoms with Crippen molar-refractivity contribution in [1.82, 2.24) is 0 Å². The number of alkyl halides is 1. The van der Waals surface area contributed by atoms with Gasteiger partial charge in [-0.15, -0.1) is 0 Å². The van der Waals surface area contributed by atoms with Gasteiger partial charge in [-0.2, -0.15) is 0 Å². The first-order valence-electron chi connectivity index (χ1n) is 6.06. The van der Waals surface area contributed by atoms with Gasteiger partial charge >= 0.3 is 0 Å². The standard InChI is InChI=1S/C14H12FNO4S/c15-14(11-4-2-1-3-5-11)10-21(19,20)13-8-6-12(7-9-13)16(17)18/h1-9,14H,10H2. The fourth-order valence-corrected chi connectivity index (χ4v) is 3.14. The lowest BCUT2D eigenvalue weighted by Crippen LogP contribution is -2.12. The highest BCUT2D eigenvalue weighted by Gasteiger charge is 2.22. The van der Waals surface area contributed by atoms with Crippen LogP contribution in [-0.4, -0.2) is 19.1 Å². The van der Waals surface area contributed by atoms with Crippen molar-refractivity contribution in [3.63, 3.8) is 0 Å². The molecule has 0 heterocycles. The van der Waals surface area contributed by atoms with Crippen LogP contribution in [0.2, 0.25) is 0 Å². The summed E-state index contributed by atoms with van der Waals surface area (Å²) in [5.41, 5.74) is 0.0665. The second-order valence-corrected chi connectivity index (χ2v) is 6.44. The molecule has 2 rings (SSSR count). The molecule has 0 aliphatic heterocycles. The van der Waals surface area contributed by atoms with Crippen LogP contribution in [0.15, 0.2) is 59.5 Å². The molecular weight excluding hydrogens is 297 g/mol. The van der Waals surface area contributed by atoms with E-state index in [1.165, 1.54) is 12.1 Å². The van der Waals surface area contributed by atoms with E-state index in [0.29, 0.717) is 0 Å². The second-order valence-electron chi connectivity index (χ2n) is 4.41. The summed E-state index contributed by atoms with van der Waals surface area (Å²) in [7, 11) is -3.85. The molecule has 0 saturated carbocycles. The lowest BCUT2D eigenvalue weighted by Gasteiger charge is -2.09. The van der Waals surface area contributed by atoms with Gasteiger partial charge in [-0.3, -0.25) is 10.1 Å². The number of nitrogens with zero attached hydrogens (tertiary/aromatic N) is 1. The van der Waals surface area contributed by atoms with Crippen LogP contribution in [0.5, 0.6) is 0 Å². The number of hydrogen-bond donors (Lipinski definition) is 0. The lowest BCUT2D eigenvalue weighted by atomic mass is 10.1. The fraction of sp³-hybridized carbons (Fsp3) is 0.143. The molecule has 0 fully saturated rings. The summed E-state index contributed by atoms with van der Waals surface area (Å²) in [5, 5.41) is 10.5. The normalized spacial score (nSPS) is 12.8. The molecule has 0 aliphatic carbocycles. The van der Waals surface area contributed by atoms with E-state index in [2.05, 4.69) is 0 Å². The molecule has 0 spiro atoms. The minimum atomic E-state index is -3.85. The van der Waals surface area contributed by atoms with Gasteiger partial charge in [-0.25, -0.2) is 12.8 Å². The number of sulfone groups is 1. The predicted octanol–water partition coefficient (Wildman–Crippen LogP) is 3.08. The zero-order valence-electron chi connectivity index (χ0n) is 10.8. The Hall–Kier alpha value is -2.28. The summed E-state index contributed by atoms with van der Waals surface area (Å²) in [6.07, 6.45) is -1.65. The third-order valence-electron chi connectivity index (χ3n) is 2.93. The molecule has 1 atom stereocenters. The van der Waals surface area contributed by atoms with Crippen LogP contribution in [0.3, 0.4) is 0 Å². The summed E-state index contributed by atoms with van der Waals surface area (Å²) in [6.45, 7) is 0. The van der Waals surface area contributed by atoms with Gasteiger partial charge in [0.1, 0.15) is 6.17 Å². The Balaban J connectivity index is 2.20. The third-order valence-corrected chi connectivity index (χ3v) is 4.66. The number of non-ortho nitro benzene ring substituents is 1. The molecule has 0 saturated heterocycles. The number of halogens is 1. The van der Waals surface area contributed by atoms with E-state index in [4.69, 9.17) is 0 Å². The van der Waals surface area contributed by atoms with Crippen molar-refractivity contribution in [2.75, 3.05) is 5.75 Å². The van der Waals surface area contributed by atoms with Crippen molar-refractivity contribution in [3.05, 3.63) is 70.3 Å². The van der Waals surface area contributed by atoms with Crippen LogP contribution < -0.4 is 0 Å². The van der Waals surface area contributed by atoms with E-state index in [1.54, 1.807) is 18.2 Å². The van der Waals surface area contributed by atoms with Crippen molar-refractivity contribution in [2.45, 2.75) is 11.1 Å². The average Bonchev–Trinajstić information content (AvgIpc) is 2.48. The van der Waals surface area contributed by atoms with Crippen LogP contribution >= 0.6 is 0 Å². The van der Waals surface area contributed by atoms with Gasteiger partial charge in [0.25, 0.3) is 5.69 Å². The van der Waals surface area contributed by atoms with Crippen molar-refractivity contribution < 1.29 is 17.7 Å². The van der Waals surface area contributed by atoms with Crippen LogP contribution in [0.4, 0.5) is 10.1 Å². The Bertz CT molecular complexity index is 729. The maximum absolute atomic E-state index is 14.0. The molecule has 0 radical (unpaired) electrons. The Morgan fingerprint density at radius 1 is 1.05 bits per heavy atom. The van der Waals surface area contributed by atoms with Gasteiger partial charge in [0.15, 0.2) is 9.84 Å². The van der Waals surface area contributed by atoms with E-state index >= 15 is 0 Å². The molecule has 0 bridgehead atoms. The van der Waals surface area contributed by atoms with Gasteiger partial charge in [0.05, 0.1) is 15.6 Å². The fourth-order valence-electron chi connectivity index (χ4n) is 1.82. The highest BCUT2D eigenvalue weighted by atomic mass is 32.2. The first kappa shape index (κ1) is 15.1. The summed E-state index contributed by atoms with van der Waals surface area (Å²) in [4.78, 5) is 9.76. The average molecular weight is 309 g/mol. The summed E-state index contributed by atoms with van der Waals surface area (Å²) in [5.74, 6) is -0.700. The summed E-state index contributed by atoms with van der Waals surface area (Å²) >= 11 is 0. The zero-order valence-corrected chi connectivity index (χ0v) is 11.7. The van der Waals surface area contributed by atoms with Crippen molar-refractivity contribution in [2.24, 2.45) is 0 Å². The molecule has 21 heavy (non-hydrogen) atoms. The van der Waals surface area contributed by atoms with Crippen LogP contribution in [-0.2, 0) is 9.84 Å². The minimum Gasteiger partial charge on any atom is -0.258 e. The topological polar surface area (TPSA) is 77.3 Å². The van der Waals surface area contributed by atoms with E-state index in [1.807, 2.05) is 0 Å². The molecule has 1 unspecified atom stereocenters. The van der Waals surface area contributed by atoms with Crippen molar-refractivity contribution in [1.29, 1.82) is 0 Å². The third kappa shape index (κ3) is 3.63.